The zero-order chi connectivity index (χ0) is 14.4. The third-order valence-electron chi connectivity index (χ3n) is 3.85. The summed E-state index contributed by atoms with van der Waals surface area (Å²) in [5, 5.41) is 0. The molecule has 106 valence electrons. The first-order chi connectivity index (χ1) is 9.49. The van der Waals surface area contributed by atoms with Crippen molar-refractivity contribution in [1.82, 2.24) is 9.55 Å². The molecular formula is C16H20BrN3. The van der Waals surface area contributed by atoms with E-state index in [1.807, 2.05) is 0 Å². The standard InChI is InChI=1S/C16H20BrN3/c1-9(2)16-19-14(15(18)20(16)12-6-7-12)11-5-4-10(3)13(17)8-11/h4-5,8-9,12H,6-7,18H2,1-3H3. The molecule has 2 aromatic rings. The van der Waals surface area contributed by atoms with Crippen molar-refractivity contribution in [3.63, 3.8) is 0 Å². The molecule has 1 aromatic carbocycles. The van der Waals surface area contributed by atoms with E-state index < -0.39 is 0 Å². The second kappa shape index (κ2) is 4.92. The molecule has 0 amide bonds. The lowest BCUT2D eigenvalue weighted by atomic mass is 10.1. The third kappa shape index (κ3) is 2.26. The number of benzene rings is 1. The van der Waals surface area contributed by atoms with Crippen molar-refractivity contribution in [3.8, 4) is 11.3 Å². The minimum absolute atomic E-state index is 0.389. The second-order valence-corrected chi connectivity index (χ2v) is 6.78. The van der Waals surface area contributed by atoms with Gasteiger partial charge in [-0.1, -0.05) is 41.9 Å². The Morgan fingerprint density at radius 1 is 1.35 bits per heavy atom. The monoisotopic (exact) mass is 333 g/mol. The fourth-order valence-electron chi connectivity index (χ4n) is 2.54. The van der Waals surface area contributed by atoms with E-state index in [1.165, 1.54) is 18.4 Å². The number of nitrogens with zero attached hydrogens (tertiary/aromatic N) is 2. The van der Waals surface area contributed by atoms with Gasteiger partial charge in [-0.15, -0.1) is 0 Å². The Kier molecular flexibility index (Phi) is 3.36. The smallest absolute Gasteiger partial charge is 0.132 e. The molecule has 1 fully saturated rings. The number of anilines is 1. The van der Waals surface area contributed by atoms with E-state index in [0.29, 0.717) is 12.0 Å². The first-order valence-electron chi connectivity index (χ1n) is 7.13. The number of aromatic nitrogens is 2. The summed E-state index contributed by atoms with van der Waals surface area (Å²) in [6.07, 6.45) is 2.44. The van der Waals surface area contributed by atoms with E-state index in [1.54, 1.807) is 0 Å². The summed E-state index contributed by atoms with van der Waals surface area (Å²) in [4.78, 5) is 4.83. The van der Waals surface area contributed by atoms with Gasteiger partial charge in [0.2, 0.25) is 0 Å². The van der Waals surface area contributed by atoms with Gasteiger partial charge in [-0.05, 0) is 31.4 Å². The minimum atomic E-state index is 0.389. The molecule has 1 aromatic heterocycles. The van der Waals surface area contributed by atoms with Crippen LogP contribution in [-0.4, -0.2) is 9.55 Å². The largest absolute Gasteiger partial charge is 0.383 e. The van der Waals surface area contributed by atoms with Crippen LogP contribution in [0.3, 0.4) is 0 Å². The molecule has 2 N–H and O–H groups in total. The Labute approximate surface area is 128 Å². The number of hydrogen-bond donors (Lipinski definition) is 1. The summed E-state index contributed by atoms with van der Waals surface area (Å²) in [5.41, 5.74) is 9.61. The first kappa shape index (κ1) is 13.7. The lowest BCUT2D eigenvalue weighted by Crippen LogP contribution is -2.06. The van der Waals surface area contributed by atoms with Gasteiger partial charge in [0.1, 0.15) is 17.3 Å². The lowest BCUT2D eigenvalue weighted by Gasteiger charge is -2.10. The normalized spacial score (nSPS) is 15.1. The van der Waals surface area contributed by atoms with E-state index in [-0.39, 0.29) is 0 Å². The van der Waals surface area contributed by atoms with E-state index in [4.69, 9.17) is 10.7 Å². The molecule has 0 spiro atoms. The number of rotatable bonds is 3. The van der Waals surface area contributed by atoms with Crippen molar-refractivity contribution in [2.45, 2.75) is 45.6 Å². The molecule has 20 heavy (non-hydrogen) atoms. The van der Waals surface area contributed by atoms with Crippen LogP contribution in [0.15, 0.2) is 22.7 Å². The Morgan fingerprint density at radius 2 is 2.05 bits per heavy atom. The van der Waals surface area contributed by atoms with Crippen LogP contribution in [-0.2, 0) is 0 Å². The maximum Gasteiger partial charge on any atom is 0.132 e. The molecule has 0 unspecified atom stereocenters. The van der Waals surface area contributed by atoms with Crippen molar-refractivity contribution in [2.24, 2.45) is 0 Å². The van der Waals surface area contributed by atoms with Crippen LogP contribution < -0.4 is 5.73 Å². The van der Waals surface area contributed by atoms with Crippen LogP contribution >= 0.6 is 15.9 Å². The highest BCUT2D eigenvalue weighted by Gasteiger charge is 2.30. The van der Waals surface area contributed by atoms with E-state index in [9.17, 15) is 0 Å². The highest BCUT2D eigenvalue weighted by molar-refractivity contribution is 9.10. The fraction of sp³-hybridized carbons (Fsp3) is 0.438. The minimum Gasteiger partial charge on any atom is -0.383 e. The molecule has 0 bridgehead atoms. The number of nitrogens with two attached hydrogens (primary N) is 1. The number of imidazole rings is 1. The van der Waals surface area contributed by atoms with Gasteiger partial charge in [-0.25, -0.2) is 4.98 Å². The van der Waals surface area contributed by atoms with Crippen LogP contribution in [0.5, 0.6) is 0 Å². The van der Waals surface area contributed by atoms with Gasteiger partial charge in [-0.3, -0.25) is 0 Å². The molecule has 1 saturated carbocycles. The van der Waals surface area contributed by atoms with Crippen molar-refractivity contribution < 1.29 is 0 Å². The molecular weight excluding hydrogens is 314 g/mol. The molecule has 0 saturated heterocycles. The summed E-state index contributed by atoms with van der Waals surface area (Å²) >= 11 is 3.59. The summed E-state index contributed by atoms with van der Waals surface area (Å²) in [6.45, 7) is 6.44. The Hall–Kier alpha value is -1.29. The number of hydrogen-bond acceptors (Lipinski definition) is 2. The number of nitrogen functional groups attached to an aromatic ring is 1. The summed E-state index contributed by atoms with van der Waals surface area (Å²) in [7, 11) is 0. The molecule has 1 aliphatic carbocycles. The van der Waals surface area contributed by atoms with Gasteiger partial charge in [0.05, 0.1) is 0 Å². The Balaban J connectivity index is 2.13. The predicted octanol–water partition coefficient (Wildman–Crippen LogP) is 4.66. The van der Waals surface area contributed by atoms with E-state index in [0.717, 1.165) is 27.4 Å². The van der Waals surface area contributed by atoms with Crippen molar-refractivity contribution in [3.05, 3.63) is 34.1 Å². The summed E-state index contributed by atoms with van der Waals surface area (Å²) in [6, 6.07) is 6.86. The maximum absolute atomic E-state index is 6.39. The average Bonchev–Trinajstić information content (AvgIpc) is 3.16. The van der Waals surface area contributed by atoms with Crippen LogP contribution in [0.4, 0.5) is 5.82 Å². The summed E-state index contributed by atoms with van der Waals surface area (Å²) < 4.78 is 3.34. The lowest BCUT2D eigenvalue weighted by molar-refractivity contribution is 0.646. The fourth-order valence-corrected chi connectivity index (χ4v) is 2.92. The molecule has 0 radical (unpaired) electrons. The number of aryl methyl sites for hydroxylation is 1. The van der Waals surface area contributed by atoms with Gasteiger partial charge in [0.25, 0.3) is 0 Å². The van der Waals surface area contributed by atoms with Crippen molar-refractivity contribution in [2.75, 3.05) is 5.73 Å². The quantitative estimate of drug-likeness (QED) is 0.887. The second-order valence-electron chi connectivity index (χ2n) is 5.92. The topological polar surface area (TPSA) is 43.8 Å². The first-order valence-corrected chi connectivity index (χ1v) is 7.92. The third-order valence-corrected chi connectivity index (χ3v) is 4.70. The molecule has 3 nitrogen and oxygen atoms in total. The molecule has 3 rings (SSSR count). The van der Waals surface area contributed by atoms with Crippen molar-refractivity contribution >= 4 is 21.7 Å². The summed E-state index contributed by atoms with van der Waals surface area (Å²) in [5.74, 6) is 2.31. The zero-order valence-corrected chi connectivity index (χ0v) is 13.7. The average molecular weight is 334 g/mol. The van der Waals surface area contributed by atoms with Crippen LogP contribution in [0.25, 0.3) is 11.3 Å². The Morgan fingerprint density at radius 3 is 2.60 bits per heavy atom. The van der Waals surface area contributed by atoms with Gasteiger partial charge < -0.3 is 10.3 Å². The molecule has 4 heteroatoms. The highest BCUT2D eigenvalue weighted by atomic mass is 79.9. The predicted molar refractivity (Wildman–Crippen MR) is 86.9 cm³/mol. The van der Waals surface area contributed by atoms with Crippen LogP contribution in [0.2, 0.25) is 0 Å². The van der Waals surface area contributed by atoms with E-state index in [2.05, 4.69) is 59.5 Å². The van der Waals surface area contributed by atoms with Gasteiger partial charge in [0.15, 0.2) is 0 Å². The molecule has 1 aliphatic rings. The molecule has 0 atom stereocenters. The van der Waals surface area contributed by atoms with Gasteiger partial charge >= 0.3 is 0 Å². The van der Waals surface area contributed by atoms with Gasteiger partial charge in [-0.2, -0.15) is 0 Å². The maximum atomic E-state index is 6.39. The van der Waals surface area contributed by atoms with Crippen LogP contribution in [0.1, 0.15) is 50.0 Å². The van der Waals surface area contributed by atoms with Crippen molar-refractivity contribution in [1.29, 1.82) is 0 Å². The number of halogens is 1. The highest BCUT2D eigenvalue weighted by Crippen LogP contribution is 2.42. The molecule has 0 aliphatic heterocycles. The van der Waals surface area contributed by atoms with E-state index >= 15 is 0 Å². The SMILES string of the molecule is Cc1ccc(-c2nc(C(C)C)n(C3CC3)c2N)cc1Br. The van der Waals surface area contributed by atoms with Crippen LogP contribution in [0, 0.1) is 6.92 Å². The Bertz CT molecular complexity index is 654. The zero-order valence-electron chi connectivity index (χ0n) is 12.2. The van der Waals surface area contributed by atoms with Gasteiger partial charge in [0, 0.05) is 22.0 Å². The molecule has 1 heterocycles.